The lowest BCUT2D eigenvalue weighted by Crippen LogP contribution is -2.33. The summed E-state index contributed by atoms with van der Waals surface area (Å²) >= 11 is 0. The predicted octanol–water partition coefficient (Wildman–Crippen LogP) is 3.48. The molecule has 0 bridgehead atoms. The van der Waals surface area contributed by atoms with Crippen molar-refractivity contribution in [3.8, 4) is 0 Å². The normalized spacial score (nSPS) is 15.7. The zero-order valence-corrected chi connectivity index (χ0v) is 16.9. The van der Waals surface area contributed by atoms with Gasteiger partial charge in [0.05, 0.1) is 11.0 Å². The molecule has 1 fully saturated rings. The van der Waals surface area contributed by atoms with Crippen LogP contribution in [-0.2, 0) is 11.2 Å². The van der Waals surface area contributed by atoms with Crippen LogP contribution in [0.15, 0.2) is 24.3 Å². The van der Waals surface area contributed by atoms with Gasteiger partial charge in [0.25, 0.3) is 0 Å². The fraction of sp³-hybridized carbons (Fsp3) is 0.579. The highest BCUT2D eigenvalue weighted by Crippen LogP contribution is 2.24. The van der Waals surface area contributed by atoms with Crippen molar-refractivity contribution in [1.82, 2.24) is 20.6 Å². The molecule has 1 atom stereocenters. The summed E-state index contributed by atoms with van der Waals surface area (Å²) in [5.41, 5.74) is 2.08. The van der Waals surface area contributed by atoms with Gasteiger partial charge in [-0.25, -0.2) is 4.98 Å². The van der Waals surface area contributed by atoms with Gasteiger partial charge in [-0.3, -0.25) is 4.79 Å². The number of nitrogens with one attached hydrogen (secondary N) is 3. The van der Waals surface area contributed by atoms with Gasteiger partial charge >= 0.3 is 0 Å². The van der Waals surface area contributed by atoms with Crippen molar-refractivity contribution in [2.75, 3.05) is 19.6 Å². The number of hydrogen-bond donors (Lipinski definition) is 3. The molecule has 26 heavy (non-hydrogen) atoms. The lowest BCUT2D eigenvalue weighted by Gasteiger charge is -2.27. The van der Waals surface area contributed by atoms with E-state index in [4.69, 9.17) is 0 Å². The quantitative estimate of drug-likeness (QED) is 0.622. The molecule has 3 N–H and O–H groups in total. The average Bonchev–Trinajstić information content (AvgIpc) is 3.02. The number of piperidine rings is 1. The first-order valence-electron chi connectivity index (χ1n) is 9.13. The fourth-order valence-electron chi connectivity index (χ4n) is 3.55. The van der Waals surface area contributed by atoms with Gasteiger partial charge in [-0.05, 0) is 56.3 Å². The average molecular weight is 401 g/mol. The smallest absolute Gasteiger partial charge is 0.220 e. The third-order valence-electron chi connectivity index (χ3n) is 5.05. The molecule has 1 aliphatic heterocycles. The van der Waals surface area contributed by atoms with Crippen molar-refractivity contribution in [2.45, 2.75) is 39.0 Å². The molecular weight excluding hydrogens is 371 g/mol. The van der Waals surface area contributed by atoms with Crippen molar-refractivity contribution < 1.29 is 4.79 Å². The van der Waals surface area contributed by atoms with E-state index in [1.165, 1.54) is 12.8 Å². The number of para-hydroxylation sites is 2. The summed E-state index contributed by atoms with van der Waals surface area (Å²) in [6, 6.07) is 8.06. The molecule has 2 aromatic rings. The minimum absolute atomic E-state index is 0. The van der Waals surface area contributed by atoms with Crippen LogP contribution in [0.2, 0.25) is 0 Å². The Morgan fingerprint density at radius 1 is 1.27 bits per heavy atom. The molecule has 0 saturated carbocycles. The Balaban J connectivity index is 0.00000169. The van der Waals surface area contributed by atoms with Crippen LogP contribution in [0.4, 0.5) is 0 Å². The van der Waals surface area contributed by atoms with Gasteiger partial charge < -0.3 is 15.6 Å². The van der Waals surface area contributed by atoms with E-state index in [0.717, 1.165) is 49.3 Å². The van der Waals surface area contributed by atoms with Gasteiger partial charge in [-0.2, -0.15) is 0 Å². The van der Waals surface area contributed by atoms with Crippen molar-refractivity contribution in [1.29, 1.82) is 0 Å². The van der Waals surface area contributed by atoms with Crippen molar-refractivity contribution in [3.63, 3.8) is 0 Å². The third kappa shape index (κ3) is 6.45. The molecule has 1 aromatic carbocycles. The number of aromatic amines is 1. The molecule has 0 aliphatic carbocycles. The summed E-state index contributed by atoms with van der Waals surface area (Å²) in [6.07, 6.45) is 4.81. The Bertz CT molecular complexity index is 637. The van der Waals surface area contributed by atoms with Crippen LogP contribution in [0.1, 0.15) is 38.4 Å². The Kier molecular flexibility index (Phi) is 9.99. The summed E-state index contributed by atoms with van der Waals surface area (Å²) in [5.74, 6) is 2.34. The van der Waals surface area contributed by atoms with Crippen LogP contribution in [-0.4, -0.2) is 35.5 Å². The number of aromatic nitrogens is 2. The molecule has 1 aliphatic rings. The number of rotatable bonds is 7. The van der Waals surface area contributed by atoms with E-state index in [2.05, 4.69) is 27.5 Å². The van der Waals surface area contributed by atoms with Gasteiger partial charge in [0.2, 0.25) is 5.91 Å². The molecular formula is C19H30Cl2N4O. The molecule has 1 unspecified atom stereocenters. The standard InChI is InChI=1S/C19H28N4O.2ClH/c1-14(15-8-11-20-12-9-15)13-19(24)21-10-4-7-18-22-16-5-2-3-6-17(16)23-18;;/h2-3,5-6,14-15,20H,4,7-13H2,1H3,(H,21,24)(H,22,23);2*1H. The van der Waals surface area contributed by atoms with Gasteiger partial charge in [0.15, 0.2) is 0 Å². The maximum Gasteiger partial charge on any atom is 0.220 e. The van der Waals surface area contributed by atoms with Crippen LogP contribution < -0.4 is 10.6 Å². The molecule has 5 nitrogen and oxygen atoms in total. The lowest BCUT2D eigenvalue weighted by atomic mass is 9.84. The number of amides is 1. The summed E-state index contributed by atoms with van der Waals surface area (Å²) in [7, 11) is 0. The summed E-state index contributed by atoms with van der Waals surface area (Å²) in [6.45, 7) is 5.11. The number of halogens is 2. The number of fused-ring (bicyclic) bond motifs is 1. The molecule has 1 amide bonds. The second-order valence-electron chi connectivity index (χ2n) is 6.92. The summed E-state index contributed by atoms with van der Waals surface area (Å²) in [4.78, 5) is 20.0. The fourth-order valence-corrected chi connectivity index (χ4v) is 3.55. The van der Waals surface area contributed by atoms with Gasteiger partial charge in [0, 0.05) is 19.4 Å². The topological polar surface area (TPSA) is 69.8 Å². The van der Waals surface area contributed by atoms with E-state index in [-0.39, 0.29) is 30.7 Å². The summed E-state index contributed by atoms with van der Waals surface area (Å²) in [5, 5.41) is 6.44. The van der Waals surface area contributed by atoms with E-state index >= 15 is 0 Å². The third-order valence-corrected chi connectivity index (χ3v) is 5.05. The van der Waals surface area contributed by atoms with Gasteiger partial charge in [-0.15, -0.1) is 24.8 Å². The zero-order chi connectivity index (χ0) is 16.8. The maximum absolute atomic E-state index is 12.1. The van der Waals surface area contributed by atoms with Crippen LogP contribution in [0, 0.1) is 11.8 Å². The number of hydrogen-bond acceptors (Lipinski definition) is 3. The predicted molar refractivity (Wildman–Crippen MR) is 111 cm³/mol. The molecule has 1 saturated heterocycles. The number of aryl methyl sites for hydroxylation is 1. The minimum Gasteiger partial charge on any atom is -0.356 e. The minimum atomic E-state index is 0. The van der Waals surface area contributed by atoms with Crippen molar-refractivity contribution >= 4 is 41.8 Å². The largest absolute Gasteiger partial charge is 0.356 e. The lowest BCUT2D eigenvalue weighted by molar-refractivity contribution is -0.122. The van der Waals surface area contributed by atoms with Crippen molar-refractivity contribution in [2.24, 2.45) is 11.8 Å². The monoisotopic (exact) mass is 400 g/mol. The molecule has 146 valence electrons. The number of carbonyl (C=O) groups excluding carboxylic acids is 1. The highest BCUT2D eigenvalue weighted by Gasteiger charge is 2.21. The first-order chi connectivity index (χ1) is 11.7. The number of carbonyl (C=O) groups is 1. The van der Waals surface area contributed by atoms with Crippen LogP contribution in [0.3, 0.4) is 0 Å². The number of imidazole rings is 1. The Morgan fingerprint density at radius 2 is 2.00 bits per heavy atom. The van der Waals surface area contributed by atoms with E-state index in [1.807, 2.05) is 24.3 Å². The SMILES string of the molecule is CC(CC(=O)NCCCc1nc2ccccc2[nH]1)C1CCNCC1.Cl.Cl. The Morgan fingerprint density at radius 3 is 2.73 bits per heavy atom. The number of benzene rings is 1. The molecule has 0 radical (unpaired) electrons. The molecule has 0 spiro atoms. The molecule has 7 heteroatoms. The van der Waals surface area contributed by atoms with Crippen LogP contribution in [0.5, 0.6) is 0 Å². The highest BCUT2D eigenvalue weighted by molar-refractivity contribution is 5.85. The maximum atomic E-state index is 12.1. The van der Waals surface area contributed by atoms with Crippen LogP contribution in [0.25, 0.3) is 11.0 Å². The van der Waals surface area contributed by atoms with E-state index in [9.17, 15) is 4.79 Å². The van der Waals surface area contributed by atoms with E-state index < -0.39 is 0 Å². The molecule has 3 rings (SSSR count). The molecule has 1 aromatic heterocycles. The number of nitrogens with zero attached hydrogens (tertiary/aromatic N) is 1. The first-order valence-corrected chi connectivity index (χ1v) is 9.13. The second-order valence-corrected chi connectivity index (χ2v) is 6.92. The Hall–Kier alpha value is -1.30. The summed E-state index contributed by atoms with van der Waals surface area (Å²) < 4.78 is 0. The van der Waals surface area contributed by atoms with Gasteiger partial charge in [-0.1, -0.05) is 19.1 Å². The Labute approximate surface area is 167 Å². The first kappa shape index (κ1) is 22.7. The van der Waals surface area contributed by atoms with Crippen LogP contribution >= 0.6 is 24.8 Å². The van der Waals surface area contributed by atoms with E-state index in [1.54, 1.807) is 0 Å². The molecule has 2 heterocycles. The number of H-pyrrole nitrogens is 1. The van der Waals surface area contributed by atoms with E-state index in [0.29, 0.717) is 18.3 Å². The zero-order valence-electron chi connectivity index (χ0n) is 15.3. The van der Waals surface area contributed by atoms with Gasteiger partial charge in [0.1, 0.15) is 5.82 Å². The highest BCUT2D eigenvalue weighted by atomic mass is 35.5. The van der Waals surface area contributed by atoms with Crippen molar-refractivity contribution in [3.05, 3.63) is 30.1 Å². The second kappa shape index (κ2) is 11.4.